The van der Waals surface area contributed by atoms with Crippen molar-refractivity contribution in [3.63, 3.8) is 0 Å². The second kappa shape index (κ2) is 12.4. The van der Waals surface area contributed by atoms with Crippen molar-refractivity contribution in [3.8, 4) is 0 Å². The Balaban J connectivity index is 3.13. The molecule has 0 unspecified atom stereocenters. The topological polar surface area (TPSA) is 27.7 Å². The molecule has 0 saturated carbocycles. The number of hydrogen-bond donors (Lipinski definition) is 0. The van der Waals surface area contributed by atoms with Gasteiger partial charge in [0.15, 0.2) is 0 Å². The minimum Gasteiger partial charge on any atom is -0.370 e. The van der Waals surface area contributed by atoms with Gasteiger partial charge in [0.2, 0.25) is 0 Å². The first-order chi connectivity index (χ1) is 12.1. The first kappa shape index (κ1) is 22.1. The molecule has 0 fully saturated rings. The van der Waals surface area contributed by atoms with E-state index in [9.17, 15) is 0 Å². The van der Waals surface area contributed by atoms with Crippen molar-refractivity contribution >= 4 is 19.6 Å². The fraction of sp³-hybridized carbons (Fsp3) is 0.619. The van der Waals surface area contributed by atoms with Gasteiger partial charge in [-0.1, -0.05) is 70.4 Å². The largest absolute Gasteiger partial charge is 0.537 e. The Morgan fingerprint density at radius 2 is 1.36 bits per heavy atom. The molecule has 0 amide bonds. The molecule has 0 saturated heterocycles. The zero-order valence-corrected chi connectivity index (χ0v) is 17.6. The first-order valence-corrected chi connectivity index (χ1v) is 11.5. The molecule has 0 aliphatic heterocycles. The Kier molecular flexibility index (Phi) is 11.0. The maximum Gasteiger partial charge on any atom is 0.537 e. The SMILES string of the molecule is C=C(C)c1cccc([Si](OCCCC)(OCCCC)OCCCC)c1. The second-order valence-electron chi connectivity index (χ2n) is 6.52. The van der Waals surface area contributed by atoms with Crippen molar-refractivity contribution in [2.75, 3.05) is 19.8 Å². The standard InChI is InChI=1S/C21H36O3Si/c1-6-9-15-22-25(23-16-10-7-2,24-17-11-8-3)21-14-12-13-20(18-21)19(4)5/h12-14,18H,4,6-11,15-17H2,1-3,5H3. The highest BCUT2D eigenvalue weighted by atomic mass is 28.4. The summed E-state index contributed by atoms with van der Waals surface area (Å²) >= 11 is 0. The summed E-state index contributed by atoms with van der Waals surface area (Å²) in [5.74, 6) is 0. The lowest BCUT2D eigenvalue weighted by molar-refractivity contribution is 0.0700. The maximum atomic E-state index is 6.35. The predicted molar refractivity (Wildman–Crippen MR) is 109 cm³/mol. The average Bonchev–Trinajstić information content (AvgIpc) is 2.62. The molecule has 3 nitrogen and oxygen atoms in total. The molecule has 0 bridgehead atoms. The molecule has 0 radical (unpaired) electrons. The van der Waals surface area contributed by atoms with Crippen molar-refractivity contribution in [2.24, 2.45) is 0 Å². The van der Waals surface area contributed by atoms with E-state index in [1.54, 1.807) is 0 Å². The number of allylic oxidation sites excluding steroid dienone is 1. The van der Waals surface area contributed by atoms with Crippen molar-refractivity contribution in [1.82, 2.24) is 0 Å². The van der Waals surface area contributed by atoms with Crippen molar-refractivity contribution in [3.05, 3.63) is 36.4 Å². The van der Waals surface area contributed by atoms with Crippen LogP contribution in [0.3, 0.4) is 0 Å². The molecule has 1 rings (SSSR count). The van der Waals surface area contributed by atoms with Crippen molar-refractivity contribution in [1.29, 1.82) is 0 Å². The number of rotatable bonds is 14. The van der Waals surface area contributed by atoms with E-state index in [2.05, 4.69) is 51.6 Å². The summed E-state index contributed by atoms with van der Waals surface area (Å²) in [7, 11) is -2.90. The zero-order valence-electron chi connectivity index (χ0n) is 16.6. The van der Waals surface area contributed by atoms with Crippen molar-refractivity contribution < 1.29 is 13.3 Å². The van der Waals surface area contributed by atoms with Gasteiger partial charge in [-0.2, -0.15) is 0 Å². The van der Waals surface area contributed by atoms with Crippen LogP contribution in [-0.4, -0.2) is 28.6 Å². The third kappa shape index (κ3) is 7.44. The van der Waals surface area contributed by atoms with Crippen LogP contribution in [0.15, 0.2) is 30.8 Å². The van der Waals surface area contributed by atoms with Crippen LogP contribution in [0, 0.1) is 0 Å². The maximum absolute atomic E-state index is 6.35. The van der Waals surface area contributed by atoms with Gasteiger partial charge in [-0.05, 0) is 37.8 Å². The summed E-state index contributed by atoms with van der Waals surface area (Å²) in [4.78, 5) is 0. The highest BCUT2D eigenvalue weighted by Crippen LogP contribution is 2.17. The van der Waals surface area contributed by atoms with E-state index >= 15 is 0 Å². The molecule has 0 spiro atoms. The lowest BCUT2D eigenvalue weighted by Gasteiger charge is -2.30. The molecule has 0 heterocycles. The monoisotopic (exact) mass is 364 g/mol. The van der Waals surface area contributed by atoms with E-state index in [4.69, 9.17) is 13.3 Å². The lowest BCUT2D eigenvalue weighted by atomic mass is 10.1. The van der Waals surface area contributed by atoms with E-state index in [-0.39, 0.29) is 0 Å². The fourth-order valence-corrected chi connectivity index (χ4v) is 5.02. The summed E-state index contributed by atoms with van der Waals surface area (Å²) in [5.41, 5.74) is 2.16. The average molecular weight is 365 g/mol. The van der Waals surface area contributed by atoms with Crippen LogP contribution in [0.2, 0.25) is 0 Å². The van der Waals surface area contributed by atoms with Gasteiger partial charge in [0, 0.05) is 25.0 Å². The Morgan fingerprint density at radius 1 is 0.880 bits per heavy atom. The number of unbranched alkanes of at least 4 members (excludes halogenated alkanes) is 3. The molecule has 0 aromatic heterocycles. The Bertz CT molecular complexity index is 475. The first-order valence-electron chi connectivity index (χ1n) is 9.77. The molecule has 0 N–H and O–H groups in total. The second-order valence-corrected chi connectivity index (χ2v) is 9.08. The van der Waals surface area contributed by atoms with E-state index < -0.39 is 8.80 Å². The van der Waals surface area contributed by atoms with Gasteiger partial charge in [-0.25, -0.2) is 0 Å². The number of benzene rings is 1. The van der Waals surface area contributed by atoms with Crippen LogP contribution in [0.1, 0.15) is 71.8 Å². The van der Waals surface area contributed by atoms with E-state index in [0.717, 1.165) is 54.8 Å². The van der Waals surface area contributed by atoms with Crippen molar-refractivity contribution in [2.45, 2.75) is 66.2 Å². The minimum atomic E-state index is -2.90. The van der Waals surface area contributed by atoms with Crippen LogP contribution >= 0.6 is 0 Å². The molecule has 4 heteroatoms. The quantitative estimate of drug-likeness (QED) is 0.330. The van der Waals surface area contributed by atoms with Gasteiger partial charge in [-0.15, -0.1) is 0 Å². The summed E-state index contributed by atoms with van der Waals surface area (Å²) in [6, 6.07) is 8.35. The molecule has 25 heavy (non-hydrogen) atoms. The van der Waals surface area contributed by atoms with Crippen LogP contribution < -0.4 is 5.19 Å². The molecule has 1 aromatic carbocycles. The molecular weight excluding hydrogens is 328 g/mol. The van der Waals surface area contributed by atoms with Gasteiger partial charge >= 0.3 is 8.80 Å². The molecular formula is C21H36O3Si. The smallest absolute Gasteiger partial charge is 0.370 e. The Morgan fingerprint density at radius 3 is 1.76 bits per heavy atom. The van der Waals surface area contributed by atoms with Gasteiger partial charge in [0.1, 0.15) is 0 Å². The summed E-state index contributed by atoms with van der Waals surface area (Å²) < 4.78 is 19.0. The van der Waals surface area contributed by atoms with Gasteiger partial charge in [0.05, 0.1) is 0 Å². The molecule has 1 aromatic rings. The molecule has 0 atom stereocenters. The summed E-state index contributed by atoms with van der Waals surface area (Å²) in [6.07, 6.45) is 6.34. The van der Waals surface area contributed by atoms with E-state index in [0.29, 0.717) is 19.8 Å². The lowest BCUT2D eigenvalue weighted by Crippen LogP contribution is -2.57. The Hall–Kier alpha value is -0.943. The van der Waals surface area contributed by atoms with E-state index in [1.165, 1.54) is 0 Å². The molecule has 0 aliphatic rings. The van der Waals surface area contributed by atoms with Crippen LogP contribution in [0.25, 0.3) is 5.57 Å². The highest BCUT2D eigenvalue weighted by molar-refractivity contribution is 6.75. The van der Waals surface area contributed by atoms with Gasteiger partial charge in [0.25, 0.3) is 0 Å². The molecule has 0 aliphatic carbocycles. The summed E-state index contributed by atoms with van der Waals surface area (Å²) in [5, 5.41) is 1.05. The Labute approximate surface area is 155 Å². The minimum absolute atomic E-state index is 0.679. The highest BCUT2D eigenvalue weighted by Gasteiger charge is 2.44. The van der Waals surface area contributed by atoms with Gasteiger partial charge < -0.3 is 13.3 Å². The predicted octanol–water partition coefficient (Wildman–Crippen LogP) is 5.32. The molecule has 142 valence electrons. The normalized spacial score (nSPS) is 11.7. The van der Waals surface area contributed by atoms with Gasteiger partial charge in [-0.3, -0.25) is 0 Å². The van der Waals surface area contributed by atoms with Crippen LogP contribution in [-0.2, 0) is 13.3 Å². The zero-order chi connectivity index (χ0) is 18.5. The fourth-order valence-electron chi connectivity index (χ4n) is 2.40. The van der Waals surface area contributed by atoms with Crippen LogP contribution in [0.5, 0.6) is 0 Å². The van der Waals surface area contributed by atoms with Crippen LogP contribution in [0.4, 0.5) is 0 Å². The number of hydrogen-bond acceptors (Lipinski definition) is 3. The third-order valence-corrected chi connectivity index (χ3v) is 6.85. The third-order valence-electron chi connectivity index (χ3n) is 4.08. The summed E-state index contributed by atoms with van der Waals surface area (Å²) in [6.45, 7) is 14.6. The van der Waals surface area contributed by atoms with E-state index in [1.807, 2.05) is 6.92 Å².